The van der Waals surface area contributed by atoms with Gasteiger partial charge in [-0.15, -0.1) is 0 Å². The van der Waals surface area contributed by atoms with Gasteiger partial charge in [0.2, 0.25) is 6.41 Å². The zero-order valence-corrected chi connectivity index (χ0v) is 13.4. The number of aromatic nitrogens is 1. The van der Waals surface area contributed by atoms with Crippen LogP contribution in [0.3, 0.4) is 0 Å². The van der Waals surface area contributed by atoms with Crippen molar-refractivity contribution in [2.45, 2.75) is 13.0 Å². The number of carbonyl (C=O) groups excluding carboxylic acids is 1. The van der Waals surface area contributed by atoms with Crippen LogP contribution in [0.15, 0.2) is 42.6 Å². The molecule has 0 radical (unpaired) electrons. The summed E-state index contributed by atoms with van der Waals surface area (Å²) in [4.78, 5) is 19.5. The van der Waals surface area contributed by atoms with E-state index in [-0.39, 0.29) is 6.04 Å². The Hall–Kier alpha value is -2.40. The van der Waals surface area contributed by atoms with Crippen molar-refractivity contribution < 1.29 is 4.79 Å². The van der Waals surface area contributed by atoms with Gasteiger partial charge in [-0.25, -0.2) is 4.98 Å². The second-order valence-electron chi connectivity index (χ2n) is 5.93. The Morgan fingerprint density at radius 1 is 1.13 bits per heavy atom. The van der Waals surface area contributed by atoms with Crippen LogP contribution in [0.4, 0.5) is 5.82 Å². The van der Waals surface area contributed by atoms with E-state index in [4.69, 9.17) is 5.73 Å². The Morgan fingerprint density at radius 2 is 1.83 bits per heavy atom. The number of pyridine rings is 1. The first-order chi connectivity index (χ1) is 11.2. The molecule has 23 heavy (non-hydrogen) atoms. The predicted molar refractivity (Wildman–Crippen MR) is 91.3 cm³/mol. The molecule has 0 unspecified atom stereocenters. The lowest BCUT2D eigenvalue weighted by Gasteiger charge is -2.34. The number of hydrogen-bond acceptors (Lipinski definition) is 4. The molecule has 1 amide bonds. The Balaban J connectivity index is 1.77. The van der Waals surface area contributed by atoms with Crippen LogP contribution in [0.5, 0.6) is 0 Å². The molecule has 1 saturated heterocycles. The van der Waals surface area contributed by atoms with Gasteiger partial charge in [0.25, 0.3) is 0 Å². The van der Waals surface area contributed by atoms with E-state index in [0.29, 0.717) is 0 Å². The van der Waals surface area contributed by atoms with Crippen LogP contribution >= 0.6 is 0 Å². The summed E-state index contributed by atoms with van der Waals surface area (Å²) in [6.45, 7) is 5.19. The number of carbonyl (C=O) groups is 1. The van der Waals surface area contributed by atoms with E-state index in [1.807, 2.05) is 36.5 Å². The van der Waals surface area contributed by atoms with Crippen molar-refractivity contribution in [3.8, 4) is 0 Å². The summed E-state index contributed by atoms with van der Waals surface area (Å²) in [6, 6.07) is 12.0. The third-order valence-electron chi connectivity index (χ3n) is 4.35. The van der Waals surface area contributed by atoms with Crippen LogP contribution in [0.2, 0.25) is 0 Å². The Morgan fingerprint density at radius 3 is 2.43 bits per heavy atom. The van der Waals surface area contributed by atoms with E-state index in [9.17, 15) is 4.79 Å². The van der Waals surface area contributed by atoms with Gasteiger partial charge in [0, 0.05) is 32.4 Å². The molecule has 3 rings (SSSR count). The van der Waals surface area contributed by atoms with Gasteiger partial charge >= 0.3 is 0 Å². The van der Waals surface area contributed by atoms with Crippen molar-refractivity contribution in [2.75, 3.05) is 31.1 Å². The van der Waals surface area contributed by atoms with Crippen molar-refractivity contribution in [3.63, 3.8) is 0 Å². The summed E-state index contributed by atoms with van der Waals surface area (Å²) >= 11 is 0. The topological polar surface area (TPSA) is 62.5 Å². The van der Waals surface area contributed by atoms with Gasteiger partial charge in [-0.1, -0.05) is 30.3 Å². The third-order valence-corrected chi connectivity index (χ3v) is 4.35. The van der Waals surface area contributed by atoms with E-state index in [2.05, 4.69) is 22.9 Å². The molecule has 1 aromatic heterocycles. The molecule has 0 aliphatic carbocycles. The summed E-state index contributed by atoms with van der Waals surface area (Å²) in [7, 11) is 0. The highest BCUT2D eigenvalue weighted by molar-refractivity contribution is 5.52. The number of amides is 1. The van der Waals surface area contributed by atoms with Crippen molar-refractivity contribution >= 4 is 12.2 Å². The van der Waals surface area contributed by atoms with Crippen LogP contribution in [-0.2, 0) is 4.79 Å². The Kier molecular flexibility index (Phi) is 4.57. The number of rotatable bonds is 4. The van der Waals surface area contributed by atoms with Crippen molar-refractivity contribution in [3.05, 3.63) is 59.3 Å². The maximum Gasteiger partial charge on any atom is 0.209 e. The molecular formula is C18H22N4O. The smallest absolute Gasteiger partial charge is 0.209 e. The number of piperazine rings is 1. The zero-order chi connectivity index (χ0) is 16.2. The summed E-state index contributed by atoms with van der Waals surface area (Å²) in [5.74, 6) is 0.986. The lowest BCUT2D eigenvalue weighted by Crippen LogP contribution is -2.46. The minimum Gasteiger partial charge on any atom is -0.353 e. The average Bonchev–Trinajstić information content (AvgIpc) is 2.62. The van der Waals surface area contributed by atoms with Crippen molar-refractivity contribution in [2.24, 2.45) is 5.73 Å². The molecule has 5 nitrogen and oxygen atoms in total. The van der Waals surface area contributed by atoms with Gasteiger partial charge in [0.05, 0.1) is 6.04 Å². The highest BCUT2D eigenvalue weighted by Crippen LogP contribution is 2.24. The second kappa shape index (κ2) is 6.79. The summed E-state index contributed by atoms with van der Waals surface area (Å²) < 4.78 is 0. The van der Waals surface area contributed by atoms with E-state index in [1.165, 1.54) is 0 Å². The molecule has 0 spiro atoms. The zero-order valence-electron chi connectivity index (χ0n) is 13.4. The van der Waals surface area contributed by atoms with Crippen LogP contribution in [0.25, 0.3) is 0 Å². The molecule has 120 valence electrons. The number of anilines is 1. The van der Waals surface area contributed by atoms with Crippen LogP contribution in [-0.4, -0.2) is 42.5 Å². The first-order valence-electron chi connectivity index (χ1n) is 7.90. The van der Waals surface area contributed by atoms with Crippen LogP contribution in [0, 0.1) is 6.92 Å². The highest BCUT2D eigenvalue weighted by atomic mass is 16.1. The predicted octanol–water partition coefficient (Wildman–Crippen LogP) is 1.72. The molecule has 0 bridgehead atoms. The number of nitrogens with two attached hydrogens (primary N) is 1. The molecule has 1 atom stereocenters. The van der Waals surface area contributed by atoms with E-state index in [1.54, 1.807) is 4.90 Å². The number of aryl methyl sites for hydroxylation is 1. The van der Waals surface area contributed by atoms with Crippen molar-refractivity contribution in [1.82, 2.24) is 9.88 Å². The quantitative estimate of drug-likeness (QED) is 0.874. The van der Waals surface area contributed by atoms with Crippen molar-refractivity contribution in [1.29, 1.82) is 0 Å². The van der Waals surface area contributed by atoms with Crippen LogP contribution < -0.4 is 10.6 Å². The summed E-state index contributed by atoms with van der Waals surface area (Å²) in [5.41, 5.74) is 9.57. The first kappa shape index (κ1) is 15.5. The lowest BCUT2D eigenvalue weighted by atomic mass is 10.00. The number of hydrogen-bond donors (Lipinski definition) is 1. The maximum atomic E-state index is 10.8. The maximum absolute atomic E-state index is 10.8. The Labute approximate surface area is 136 Å². The van der Waals surface area contributed by atoms with Gasteiger partial charge in [-0.2, -0.15) is 0 Å². The molecule has 5 heteroatoms. The minimum absolute atomic E-state index is 0.164. The highest BCUT2D eigenvalue weighted by Gasteiger charge is 2.19. The molecule has 1 fully saturated rings. The third kappa shape index (κ3) is 3.35. The van der Waals surface area contributed by atoms with Gasteiger partial charge in [0.1, 0.15) is 5.82 Å². The fraction of sp³-hybridized carbons (Fsp3) is 0.333. The average molecular weight is 310 g/mol. The largest absolute Gasteiger partial charge is 0.353 e. The van der Waals surface area contributed by atoms with Gasteiger partial charge in [0.15, 0.2) is 0 Å². The summed E-state index contributed by atoms with van der Waals surface area (Å²) in [6.07, 6.45) is 2.78. The molecule has 2 N–H and O–H groups in total. The lowest BCUT2D eigenvalue weighted by molar-refractivity contribution is -0.118. The normalized spacial score (nSPS) is 16.3. The molecule has 1 aliphatic rings. The van der Waals surface area contributed by atoms with Gasteiger partial charge in [-0.05, 0) is 29.7 Å². The summed E-state index contributed by atoms with van der Waals surface area (Å²) in [5, 5.41) is 0. The molecule has 2 heterocycles. The number of nitrogens with zero attached hydrogens (tertiary/aromatic N) is 3. The molecule has 1 aromatic carbocycles. The molecule has 0 saturated carbocycles. The second-order valence-corrected chi connectivity index (χ2v) is 5.93. The fourth-order valence-electron chi connectivity index (χ4n) is 2.98. The minimum atomic E-state index is -0.164. The Bertz CT molecular complexity index is 666. The SMILES string of the molecule is Cc1cc([C@H](N)c2ccccc2)cnc1N1CCN(C=O)CC1. The molecule has 1 aliphatic heterocycles. The number of benzene rings is 1. The van der Waals surface area contributed by atoms with Crippen LogP contribution in [0.1, 0.15) is 22.7 Å². The van der Waals surface area contributed by atoms with E-state index < -0.39 is 0 Å². The van der Waals surface area contributed by atoms with Gasteiger partial charge in [-0.3, -0.25) is 4.79 Å². The molecular weight excluding hydrogens is 288 g/mol. The van der Waals surface area contributed by atoms with E-state index >= 15 is 0 Å². The fourth-order valence-corrected chi connectivity index (χ4v) is 2.98. The standard InChI is InChI=1S/C18H22N4O/c1-14-11-16(17(19)15-5-3-2-4-6-15)12-20-18(14)22-9-7-21(13-23)8-10-22/h2-6,11-13,17H,7-10,19H2,1H3/t17-/m1/s1. The first-order valence-corrected chi connectivity index (χ1v) is 7.90. The molecule has 2 aromatic rings. The monoisotopic (exact) mass is 310 g/mol. The van der Waals surface area contributed by atoms with E-state index in [0.717, 1.165) is 55.1 Å². The van der Waals surface area contributed by atoms with Gasteiger partial charge < -0.3 is 15.5 Å².